The molecule has 1 atom stereocenters. The summed E-state index contributed by atoms with van der Waals surface area (Å²) in [5.41, 5.74) is -5.22. The van der Waals surface area contributed by atoms with E-state index in [-0.39, 0.29) is 6.42 Å². The number of carboxylic acid groups (broad SMARTS) is 3. The molecule has 1 aliphatic carbocycles. The molecule has 0 saturated heterocycles. The van der Waals surface area contributed by atoms with Crippen LogP contribution in [0.2, 0.25) is 0 Å². The van der Waals surface area contributed by atoms with Crippen molar-refractivity contribution in [2.75, 3.05) is 7.11 Å². The van der Waals surface area contributed by atoms with Gasteiger partial charge in [-0.15, -0.1) is 0 Å². The van der Waals surface area contributed by atoms with Gasteiger partial charge >= 0.3 is 23.9 Å². The van der Waals surface area contributed by atoms with Gasteiger partial charge in [-0.25, -0.2) is 0 Å². The van der Waals surface area contributed by atoms with Crippen LogP contribution in [0.3, 0.4) is 0 Å². The Bertz CT molecular complexity index is 397. The Balaban J connectivity index is 3.44. The van der Waals surface area contributed by atoms with Gasteiger partial charge in [-0.3, -0.25) is 19.2 Å². The Hall–Kier alpha value is -2.12. The van der Waals surface area contributed by atoms with Crippen LogP contribution < -0.4 is 0 Å². The molecule has 1 rings (SSSR count). The van der Waals surface area contributed by atoms with Crippen molar-refractivity contribution in [3.05, 3.63) is 0 Å². The fourth-order valence-electron chi connectivity index (χ4n) is 2.12. The van der Waals surface area contributed by atoms with Gasteiger partial charge in [-0.1, -0.05) is 0 Å². The zero-order valence-electron chi connectivity index (χ0n) is 8.80. The first-order valence-electron chi connectivity index (χ1n) is 4.56. The number of carbonyl (C=O) groups is 4. The van der Waals surface area contributed by atoms with Crippen LogP contribution in [0.4, 0.5) is 0 Å². The summed E-state index contributed by atoms with van der Waals surface area (Å²) in [4.78, 5) is 44.6. The van der Waals surface area contributed by atoms with Crippen molar-refractivity contribution in [1.29, 1.82) is 0 Å². The van der Waals surface area contributed by atoms with Gasteiger partial charge in [-0.05, 0) is 12.8 Å². The summed E-state index contributed by atoms with van der Waals surface area (Å²) < 4.78 is 4.23. The van der Waals surface area contributed by atoms with E-state index >= 15 is 0 Å². The predicted molar refractivity (Wildman–Crippen MR) is 49.0 cm³/mol. The van der Waals surface area contributed by atoms with Gasteiger partial charge in [0.05, 0.1) is 7.11 Å². The minimum Gasteiger partial charge on any atom is -0.480 e. The van der Waals surface area contributed by atoms with E-state index in [0.717, 1.165) is 7.11 Å². The lowest BCUT2D eigenvalue weighted by atomic mass is 9.49. The fourth-order valence-corrected chi connectivity index (χ4v) is 2.12. The van der Waals surface area contributed by atoms with Crippen molar-refractivity contribution in [2.45, 2.75) is 12.8 Å². The summed E-state index contributed by atoms with van der Waals surface area (Å²) in [5, 5.41) is 26.9. The van der Waals surface area contributed by atoms with Crippen LogP contribution in [0.25, 0.3) is 0 Å². The van der Waals surface area contributed by atoms with Crippen LogP contribution in [-0.4, -0.2) is 46.3 Å². The molecule has 8 nitrogen and oxygen atoms in total. The van der Waals surface area contributed by atoms with Crippen molar-refractivity contribution < 1.29 is 39.2 Å². The van der Waals surface area contributed by atoms with E-state index in [1.165, 1.54) is 0 Å². The highest BCUT2D eigenvalue weighted by Crippen LogP contribution is 2.58. The molecule has 0 aromatic rings. The zero-order valence-corrected chi connectivity index (χ0v) is 8.80. The Morgan fingerprint density at radius 2 is 1.24 bits per heavy atom. The maximum absolute atomic E-state index is 11.5. The highest BCUT2D eigenvalue weighted by Gasteiger charge is 2.78. The first-order valence-corrected chi connectivity index (χ1v) is 4.56. The van der Waals surface area contributed by atoms with Crippen molar-refractivity contribution in [3.63, 3.8) is 0 Å². The SMILES string of the molecule is COC(=O)C1(C(=O)O)CCC1(C(=O)O)C(=O)O. The number of methoxy groups -OCH3 is 1. The third-order valence-electron chi connectivity index (χ3n) is 3.23. The number of hydrogen-bond acceptors (Lipinski definition) is 5. The summed E-state index contributed by atoms with van der Waals surface area (Å²) >= 11 is 0. The summed E-state index contributed by atoms with van der Waals surface area (Å²) in [7, 11) is 0.875. The maximum atomic E-state index is 11.5. The average molecular weight is 246 g/mol. The van der Waals surface area contributed by atoms with Crippen LogP contribution in [0, 0.1) is 10.8 Å². The quantitative estimate of drug-likeness (QED) is 0.432. The molecule has 0 aliphatic heterocycles. The molecule has 1 aliphatic rings. The normalized spacial score (nSPS) is 25.5. The van der Waals surface area contributed by atoms with E-state index in [4.69, 9.17) is 15.3 Å². The fraction of sp³-hybridized carbons (Fsp3) is 0.556. The topological polar surface area (TPSA) is 138 Å². The molecular formula is C9H10O8. The summed E-state index contributed by atoms with van der Waals surface area (Å²) in [5.74, 6) is -6.88. The highest BCUT2D eigenvalue weighted by molar-refractivity contribution is 6.15. The first-order chi connectivity index (χ1) is 7.77. The minimum atomic E-state index is -2.66. The van der Waals surface area contributed by atoms with Crippen LogP contribution in [0.1, 0.15) is 12.8 Å². The Morgan fingerprint density at radius 3 is 1.41 bits per heavy atom. The molecule has 0 spiro atoms. The van der Waals surface area contributed by atoms with Crippen molar-refractivity contribution >= 4 is 23.9 Å². The van der Waals surface area contributed by atoms with Gasteiger partial charge < -0.3 is 20.1 Å². The third-order valence-corrected chi connectivity index (χ3v) is 3.23. The van der Waals surface area contributed by atoms with Crippen LogP contribution >= 0.6 is 0 Å². The summed E-state index contributed by atoms with van der Waals surface area (Å²) in [6.45, 7) is 0. The molecule has 17 heavy (non-hydrogen) atoms. The van der Waals surface area contributed by atoms with Gasteiger partial charge in [0.25, 0.3) is 0 Å². The molecule has 0 bridgehead atoms. The molecule has 8 heteroatoms. The molecule has 0 aromatic heterocycles. The van der Waals surface area contributed by atoms with Crippen LogP contribution in [0.15, 0.2) is 0 Å². The molecule has 0 aromatic carbocycles. The lowest BCUT2D eigenvalue weighted by molar-refractivity contribution is -0.212. The monoisotopic (exact) mass is 246 g/mol. The predicted octanol–water partition coefficient (Wildman–Crippen LogP) is -0.820. The molecule has 94 valence electrons. The standard InChI is InChI=1S/C9H10O8/c1-17-7(16)9(6(14)15)3-2-8(9,4(10)11)5(12)13/h2-3H2,1H3,(H,10,11)(H,12,13)(H,14,15). The van der Waals surface area contributed by atoms with Crippen molar-refractivity contribution in [1.82, 2.24) is 0 Å². The summed E-state index contributed by atoms with van der Waals surface area (Å²) in [6.07, 6.45) is -0.813. The van der Waals surface area contributed by atoms with E-state index in [9.17, 15) is 19.2 Å². The highest BCUT2D eigenvalue weighted by atomic mass is 16.5. The van der Waals surface area contributed by atoms with Gasteiger partial charge in [0.15, 0.2) is 10.8 Å². The minimum absolute atomic E-state index is 0.381. The van der Waals surface area contributed by atoms with Crippen molar-refractivity contribution in [2.24, 2.45) is 10.8 Å². The number of carbonyl (C=O) groups excluding carboxylic acids is 1. The molecule has 1 unspecified atom stereocenters. The molecule has 1 fully saturated rings. The molecule has 1 saturated carbocycles. The van der Waals surface area contributed by atoms with Gasteiger partial charge in [0, 0.05) is 0 Å². The van der Waals surface area contributed by atoms with E-state index in [0.29, 0.717) is 0 Å². The third kappa shape index (κ3) is 1.23. The lowest BCUT2D eigenvalue weighted by Gasteiger charge is -2.47. The van der Waals surface area contributed by atoms with E-state index in [1.54, 1.807) is 0 Å². The van der Waals surface area contributed by atoms with Gasteiger partial charge in [0.2, 0.25) is 0 Å². The van der Waals surface area contributed by atoms with E-state index < -0.39 is 41.1 Å². The Morgan fingerprint density at radius 1 is 0.882 bits per heavy atom. The van der Waals surface area contributed by atoms with Crippen LogP contribution in [0.5, 0.6) is 0 Å². The molecule has 0 radical (unpaired) electrons. The number of aliphatic carboxylic acids is 3. The van der Waals surface area contributed by atoms with Gasteiger partial charge in [-0.2, -0.15) is 0 Å². The number of ether oxygens (including phenoxy) is 1. The molecular weight excluding hydrogens is 236 g/mol. The smallest absolute Gasteiger partial charge is 0.325 e. The number of rotatable bonds is 4. The Kier molecular flexibility index (Phi) is 2.83. The van der Waals surface area contributed by atoms with E-state index in [1.807, 2.05) is 0 Å². The molecule has 0 heterocycles. The number of esters is 1. The second kappa shape index (κ2) is 3.72. The second-order valence-corrected chi connectivity index (χ2v) is 3.72. The van der Waals surface area contributed by atoms with E-state index in [2.05, 4.69) is 4.74 Å². The molecule has 3 N–H and O–H groups in total. The lowest BCUT2D eigenvalue weighted by Crippen LogP contribution is -2.68. The summed E-state index contributed by atoms with van der Waals surface area (Å²) in [6, 6.07) is 0. The number of hydrogen-bond donors (Lipinski definition) is 3. The average Bonchev–Trinajstić information content (AvgIpc) is 2.14. The molecule has 0 amide bonds. The number of carboxylic acids is 3. The van der Waals surface area contributed by atoms with Gasteiger partial charge in [0.1, 0.15) is 0 Å². The first kappa shape index (κ1) is 12.9. The van der Waals surface area contributed by atoms with Crippen molar-refractivity contribution in [3.8, 4) is 0 Å². The Labute approximate surface area is 94.8 Å². The largest absolute Gasteiger partial charge is 0.480 e. The van der Waals surface area contributed by atoms with Crippen LogP contribution in [-0.2, 0) is 23.9 Å². The maximum Gasteiger partial charge on any atom is 0.325 e. The zero-order chi connectivity index (χ0) is 13.4. The second-order valence-electron chi connectivity index (χ2n) is 3.72.